The van der Waals surface area contributed by atoms with E-state index >= 15 is 0 Å². The molecule has 220 valence electrons. The Morgan fingerprint density at radius 3 is 2.43 bits per heavy atom. The molecule has 1 aliphatic heterocycles. The number of nitrogens with two attached hydrogens (primary N) is 1. The first-order chi connectivity index (χ1) is 20.2. The summed E-state index contributed by atoms with van der Waals surface area (Å²) in [6, 6.07) is 19.7. The summed E-state index contributed by atoms with van der Waals surface area (Å²) >= 11 is 0. The Kier molecular flexibility index (Phi) is 8.80. The fourth-order valence-electron chi connectivity index (χ4n) is 4.93. The number of halogens is 1. The number of hydrogen-bond acceptors (Lipinski definition) is 9. The molecule has 10 nitrogen and oxygen atoms in total. The maximum absolute atomic E-state index is 14.6. The molecule has 0 aliphatic carbocycles. The molecule has 0 amide bonds. The number of rotatable bonds is 10. The van der Waals surface area contributed by atoms with E-state index in [0.717, 1.165) is 5.56 Å². The van der Waals surface area contributed by atoms with Crippen molar-refractivity contribution in [3.8, 4) is 22.6 Å². The second-order valence-corrected chi connectivity index (χ2v) is 11.4. The van der Waals surface area contributed by atoms with Crippen LogP contribution in [-0.2, 0) is 36.4 Å². The molecule has 0 atom stereocenters. The van der Waals surface area contributed by atoms with Crippen LogP contribution in [-0.4, -0.2) is 51.3 Å². The van der Waals surface area contributed by atoms with Crippen LogP contribution in [0, 0.1) is 5.82 Å². The van der Waals surface area contributed by atoms with Crippen molar-refractivity contribution >= 4 is 15.7 Å². The molecule has 3 aromatic carbocycles. The first-order valence-corrected chi connectivity index (χ1v) is 14.7. The molecule has 0 unspecified atom stereocenters. The lowest BCUT2D eigenvalue weighted by atomic mass is 9.85. The molecule has 0 radical (unpaired) electrons. The van der Waals surface area contributed by atoms with Crippen molar-refractivity contribution in [2.75, 3.05) is 26.9 Å². The van der Waals surface area contributed by atoms with Gasteiger partial charge in [-0.2, -0.15) is 0 Å². The minimum atomic E-state index is -3.88. The quantitative estimate of drug-likeness (QED) is 0.150. The van der Waals surface area contributed by atoms with Gasteiger partial charge in [-0.05, 0) is 47.5 Å². The van der Waals surface area contributed by atoms with Crippen LogP contribution >= 0.6 is 0 Å². The Labute approximate surface area is 242 Å². The molecular formula is C30H30FN3O7S. The lowest BCUT2D eigenvalue weighted by Crippen LogP contribution is -2.35. The topological polar surface area (TPSA) is 146 Å². The summed E-state index contributed by atoms with van der Waals surface area (Å²) < 4.78 is 61.1. The van der Waals surface area contributed by atoms with Crippen LogP contribution in [0.5, 0.6) is 0 Å². The fourth-order valence-corrected chi connectivity index (χ4v) is 5.45. The van der Waals surface area contributed by atoms with Crippen molar-refractivity contribution in [2.24, 2.45) is 10.3 Å². The van der Waals surface area contributed by atoms with Crippen LogP contribution < -0.4 is 5.14 Å². The van der Waals surface area contributed by atoms with E-state index in [4.69, 9.17) is 23.8 Å². The highest BCUT2D eigenvalue weighted by Crippen LogP contribution is 2.37. The van der Waals surface area contributed by atoms with Crippen LogP contribution in [0.1, 0.15) is 29.9 Å². The summed E-state index contributed by atoms with van der Waals surface area (Å²) in [5, 5.41) is 18.4. The number of oxazole rings is 1. The molecule has 42 heavy (non-hydrogen) atoms. The molecule has 4 aromatic rings. The zero-order chi connectivity index (χ0) is 29.7. The molecule has 12 heteroatoms. The first kappa shape index (κ1) is 29.5. The Balaban J connectivity index is 1.38. The number of methoxy groups -OCH3 is 1. The van der Waals surface area contributed by atoms with Gasteiger partial charge in [-0.15, -0.1) is 0 Å². The van der Waals surface area contributed by atoms with Crippen LogP contribution in [0.2, 0.25) is 0 Å². The van der Waals surface area contributed by atoms with E-state index in [1.165, 1.54) is 24.3 Å². The van der Waals surface area contributed by atoms with Gasteiger partial charge in [0.05, 0.1) is 23.7 Å². The molecule has 1 saturated heterocycles. The summed E-state index contributed by atoms with van der Waals surface area (Å²) in [5.41, 5.74) is 2.37. The van der Waals surface area contributed by atoms with Gasteiger partial charge in [0.15, 0.2) is 11.5 Å². The molecule has 2 heterocycles. The molecule has 3 N–H and O–H groups in total. The smallest absolute Gasteiger partial charge is 0.247 e. The molecular weight excluding hydrogens is 565 g/mol. The number of benzene rings is 3. The third-order valence-corrected chi connectivity index (χ3v) is 8.10. The van der Waals surface area contributed by atoms with Crippen molar-refractivity contribution in [2.45, 2.75) is 29.9 Å². The van der Waals surface area contributed by atoms with Crippen molar-refractivity contribution < 1.29 is 36.6 Å². The highest BCUT2D eigenvalue weighted by atomic mass is 32.2. The number of nitrogens with zero attached hydrogens (tertiary/aromatic N) is 2. The summed E-state index contributed by atoms with van der Waals surface area (Å²) in [7, 11) is -2.27. The van der Waals surface area contributed by atoms with Crippen LogP contribution in [0.15, 0.2) is 87.3 Å². The summed E-state index contributed by atoms with van der Waals surface area (Å²) in [6.45, 7) is 0.871. The molecule has 1 aromatic heterocycles. The minimum Gasteiger partial charge on any atom is -0.434 e. The molecule has 1 fully saturated rings. The SMILES string of the molecule is COC1(c2cc(F)cc(COC/C(=N/O)c3nc(-c4ccccc4)c(-c4ccc(S(N)(=O)=O)cc4)o3)c2)CCOCC1. The van der Waals surface area contributed by atoms with Crippen LogP contribution in [0.3, 0.4) is 0 Å². The van der Waals surface area contributed by atoms with Crippen molar-refractivity contribution in [3.05, 3.63) is 95.6 Å². The van der Waals surface area contributed by atoms with Gasteiger partial charge in [0.25, 0.3) is 0 Å². The molecule has 0 spiro atoms. The van der Waals surface area contributed by atoms with Gasteiger partial charge in [-0.3, -0.25) is 0 Å². The minimum absolute atomic E-state index is 0.00217. The average Bonchev–Trinajstić information content (AvgIpc) is 3.45. The normalized spacial score (nSPS) is 15.5. The van der Waals surface area contributed by atoms with Gasteiger partial charge in [0, 0.05) is 44.3 Å². The number of sulfonamides is 1. The van der Waals surface area contributed by atoms with Gasteiger partial charge in [-0.1, -0.05) is 41.6 Å². The van der Waals surface area contributed by atoms with E-state index in [9.17, 15) is 18.0 Å². The Hall–Kier alpha value is -3.94. The molecule has 0 bridgehead atoms. The zero-order valence-corrected chi connectivity index (χ0v) is 23.6. The van der Waals surface area contributed by atoms with Gasteiger partial charge < -0.3 is 23.8 Å². The van der Waals surface area contributed by atoms with E-state index in [-0.39, 0.29) is 29.7 Å². The highest BCUT2D eigenvalue weighted by molar-refractivity contribution is 7.89. The lowest BCUT2D eigenvalue weighted by molar-refractivity contribution is -0.0949. The second kappa shape index (κ2) is 12.5. The maximum Gasteiger partial charge on any atom is 0.247 e. The van der Waals surface area contributed by atoms with Gasteiger partial charge in [0.2, 0.25) is 15.9 Å². The van der Waals surface area contributed by atoms with Gasteiger partial charge in [-0.25, -0.2) is 22.9 Å². The number of ether oxygens (including phenoxy) is 3. The fraction of sp³-hybridized carbons (Fsp3) is 0.267. The second-order valence-electron chi connectivity index (χ2n) is 9.83. The third-order valence-electron chi connectivity index (χ3n) is 7.17. The number of hydrogen-bond donors (Lipinski definition) is 2. The average molecular weight is 596 g/mol. The summed E-state index contributed by atoms with van der Waals surface area (Å²) in [4.78, 5) is 4.52. The monoisotopic (exact) mass is 595 g/mol. The number of primary sulfonamides is 1. The molecule has 5 rings (SSSR count). The first-order valence-electron chi connectivity index (χ1n) is 13.1. The van der Waals surface area contributed by atoms with Crippen molar-refractivity contribution in [1.29, 1.82) is 0 Å². The lowest BCUT2D eigenvalue weighted by Gasteiger charge is -2.36. The summed E-state index contributed by atoms with van der Waals surface area (Å²) in [5.74, 6) is -0.0832. The maximum atomic E-state index is 14.6. The third kappa shape index (κ3) is 6.42. The van der Waals surface area contributed by atoms with E-state index in [1.54, 1.807) is 19.2 Å². The van der Waals surface area contributed by atoms with Gasteiger partial charge in [0.1, 0.15) is 11.5 Å². The zero-order valence-electron chi connectivity index (χ0n) is 22.8. The van der Waals surface area contributed by atoms with E-state index in [0.29, 0.717) is 54.2 Å². The predicted octanol–water partition coefficient (Wildman–Crippen LogP) is 4.84. The molecule has 0 saturated carbocycles. The van der Waals surface area contributed by atoms with Gasteiger partial charge >= 0.3 is 0 Å². The van der Waals surface area contributed by atoms with Crippen molar-refractivity contribution in [3.63, 3.8) is 0 Å². The Morgan fingerprint density at radius 1 is 1.07 bits per heavy atom. The molecule has 1 aliphatic rings. The number of aromatic nitrogens is 1. The van der Waals surface area contributed by atoms with E-state index in [1.807, 2.05) is 36.4 Å². The van der Waals surface area contributed by atoms with E-state index < -0.39 is 21.4 Å². The number of oxime groups is 1. The largest absolute Gasteiger partial charge is 0.434 e. The predicted molar refractivity (Wildman–Crippen MR) is 152 cm³/mol. The Morgan fingerprint density at radius 2 is 1.79 bits per heavy atom. The standard InChI is InChI=1S/C30H30FN3O7S/c1-38-30(11-13-39-14-12-30)23-15-20(16-24(31)17-23)18-40-19-26(34-35)29-33-27(21-5-3-2-4-6-21)28(41-29)22-7-9-25(10-8-22)42(32,36)37/h2-10,15-17,35H,11-14,18-19H2,1H3,(H2,32,36,37)/b34-26-. The van der Waals surface area contributed by atoms with E-state index in [2.05, 4.69) is 10.1 Å². The van der Waals surface area contributed by atoms with Crippen molar-refractivity contribution in [1.82, 2.24) is 4.98 Å². The Bertz CT molecular complexity index is 1670. The highest BCUT2D eigenvalue weighted by Gasteiger charge is 2.35. The van der Waals surface area contributed by atoms with Crippen LogP contribution in [0.4, 0.5) is 4.39 Å². The van der Waals surface area contributed by atoms with Crippen LogP contribution in [0.25, 0.3) is 22.6 Å². The summed E-state index contributed by atoms with van der Waals surface area (Å²) in [6.07, 6.45) is 1.21.